The maximum Gasteiger partial charge on any atom is 0.255 e. The van der Waals surface area contributed by atoms with Crippen molar-refractivity contribution in [3.8, 4) is 5.75 Å². The number of methoxy groups -OCH3 is 1. The molecule has 0 bridgehead atoms. The molecule has 0 saturated carbocycles. The quantitative estimate of drug-likeness (QED) is 0.556. The molecule has 2 N–H and O–H groups in total. The Labute approximate surface area is 172 Å². The van der Waals surface area contributed by atoms with Crippen LogP contribution in [0.15, 0.2) is 72.8 Å². The van der Waals surface area contributed by atoms with Crippen molar-refractivity contribution < 1.29 is 9.53 Å². The van der Waals surface area contributed by atoms with E-state index in [4.69, 9.17) is 4.74 Å². The highest BCUT2D eigenvalue weighted by Gasteiger charge is 2.13. The van der Waals surface area contributed by atoms with Crippen molar-refractivity contribution in [2.24, 2.45) is 0 Å². The molecule has 0 saturated heterocycles. The van der Waals surface area contributed by atoms with Crippen LogP contribution in [0.3, 0.4) is 0 Å². The Bertz CT molecular complexity index is 958. The van der Waals surface area contributed by atoms with Crippen LogP contribution in [-0.4, -0.2) is 13.0 Å². The van der Waals surface area contributed by atoms with Gasteiger partial charge in [0.1, 0.15) is 5.75 Å². The van der Waals surface area contributed by atoms with Crippen molar-refractivity contribution in [1.82, 2.24) is 0 Å². The Morgan fingerprint density at radius 3 is 2.24 bits per heavy atom. The second-order valence-corrected chi connectivity index (χ2v) is 8.04. The molecule has 150 valence electrons. The molecule has 0 radical (unpaired) electrons. The minimum Gasteiger partial charge on any atom is -0.495 e. The third-order valence-corrected chi connectivity index (χ3v) is 4.80. The molecule has 29 heavy (non-hydrogen) atoms. The number of nitrogens with one attached hydrogen (secondary N) is 2. The van der Waals surface area contributed by atoms with E-state index in [0.717, 1.165) is 11.4 Å². The average molecular weight is 389 g/mol. The third-order valence-electron chi connectivity index (χ3n) is 4.80. The number of para-hydroxylation sites is 1. The van der Waals surface area contributed by atoms with E-state index in [1.807, 2.05) is 42.5 Å². The molecule has 4 nitrogen and oxygen atoms in total. The number of hydrogen-bond donors (Lipinski definition) is 2. The Morgan fingerprint density at radius 1 is 0.931 bits per heavy atom. The van der Waals surface area contributed by atoms with Crippen LogP contribution in [0.25, 0.3) is 0 Å². The zero-order chi connectivity index (χ0) is 20.9. The summed E-state index contributed by atoms with van der Waals surface area (Å²) in [5, 5.41) is 6.30. The third kappa shape index (κ3) is 5.38. The highest BCUT2D eigenvalue weighted by Crippen LogP contribution is 2.27. The number of anilines is 2. The molecule has 3 rings (SSSR count). The Morgan fingerprint density at radius 2 is 1.62 bits per heavy atom. The summed E-state index contributed by atoms with van der Waals surface area (Å²) in [4.78, 5) is 12.6. The van der Waals surface area contributed by atoms with Crippen LogP contribution < -0.4 is 15.4 Å². The zero-order valence-electron chi connectivity index (χ0n) is 17.5. The topological polar surface area (TPSA) is 50.4 Å². The van der Waals surface area contributed by atoms with Crippen molar-refractivity contribution in [3.63, 3.8) is 0 Å². The first-order valence-electron chi connectivity index (χ1n) is 9.74. The lowest BCUT2D eigenvalue weighted by Crippen LogP contribution is -2.13. The minimum atomic E-state index is -0.156. The van der Waals surface area contributed by atoms with Gasteiger partial charge in [0.25, 0.3) is 5.91 Å². The van der Waals surface area contributed by atoms with Crippen LogP contribution in [0, 0.1) is 0 Å². The first kappa shape index (κ1) is 20.5. The molecule has 0 atom stereocenters. The van der Waals surface area contributed by atoms with E-state index in [2.05, 4.69) is 55.7 Å². The SMILES string of the molecule is COc1ccc(C(=O)Nc2ccccc2)cc1NCc1ccc(C(C)(C)C)cc1. The maximum absolute atomic E-state index is 12.6. The summed E-state index contributed by atoms with van der Waals surface area (Å²) < 4.78 is 5.46. The largest absolute Gasteiger partial charge is 0.495 e. The monoisotopic (exact) mass is 388 g/mol. The van der Waals surface area contributed by atoms with Gasteiger partial charge >= 0.3 is 0 Å². The summed E-state index contributed by atoms with van der Waals surface area (Å²) in [7, 11) is 1.63. The van der Waals surface area contributed by atoms with Crippen molar-refractivity contribution in [2.75, 3.05) is 17.7 Å². The minimum absolute atomic E-state index is 0.135. The van der Waals surface area contributed by atoms with E-state index in [-0.39, 0.29) is 11.3 Å². The lowest BCUT2D eigenvalue weighted by molar-refractivity contribution is 0.102. The molecular weight excluding hydrogens is 360 g/mol. The molecule has 1 amide bonds. The summed E-state index contributed by atoms with van der Waals surface area (Å²) in [6.45, 7) is 7.26. The second-order valence-electron chi connectivity index (χ2n) is 8.04. The number of carbonyl (C=O) groups is 1. The highest BCUT2D eigenvalue weighted by atomic mass is 16.5. The number of rotatable bonds is 6. The Kier molecular flexibility index (Phi) is 6.23. The van der Waals surface area contributed by atoms with E-state index in [0.29, 0.717) is 17.9 Å². The van der Waals surface area contributed by atoms with Gasteiger partial charge in [-0.15, -0.1) is 0 Å². The molecule has 0 unspecified atom stereocenters. The molecule has 0 aromatic heterocycles. The maximum atomic E-state index is 12.6. The predicted molar refractivity (Wildman–Crippen MR) is 120 cm³/mol. The lowest BCUT2D eigenvalue weighted by Gasteiger charge is -2.19. The molecule has 3 aromatic carbocycles. The van der Waals surface area contributed by atoms with Crippen LogP contribution >= 0.6 is 0 Å². The molecule has 4 heteroatoms. The Hall–Kier alpha value is -3.27. The fourth-order valence-electron chi connectivity index (χ4n) is 3.03. The van der Waals surface area contributed by atoms with Gasteiger partial charge in [0.05, 0.1) is 12.8 Å². The summed E-state index contributed by atoms with van der Waals surface area (Å²) in [5.74, 6) is 0.545. The fraction of sp³-hybridized carbons (Fsp3) is 0.240. The van der Waals surface area contributed by atoms with Crippen LogP contribution in [0.4, 0.5) is 11.4 Å². The van der Waals surface area contributed by atoms with E-state index < -0.39 is 0 Å². The summed E-state index contributed by atoms with van der Waals surface area (Å²) in [6, 6.07) is 23.4. The predicted octanol–water partition coefficient (Wildman–Crippen LogP) is 5.86. The number of hydrogen-bond acceptors (Lipinski definition) is 3. The van der Waals surface area contributed by atoms with Crippen molar-refractivity contribution in [1.29, 1.82) is 0 Å². The standard InChI is InChI=1S/C25H28N2O2/c1-25(2,3)20-13-10-18(11-14-20)17-26-22-16-19(12-15-23(22)29-4)24(28)27-21-8-6-5-7-9-21/h5-16,26H,17H2,1-4H3,(H,27,28). The number of carbonyl (C=O) groups excluding carboxylic acids is 1. The first-order chi connectivity index (χ1) is 13.9. The average Bonchev–Trinajstić information content (AvgIpc) is 2.72. The second kappa shape index (κ2) is 8.82. The van der Waals surface area contributed by atoms with Crippen molar-refractivity contribution >= 4 is 17.3 Å². The van der Waals surface area contributed by atoms with Gasteiger partial charge in [-0.25, -0.2) is 0 Å². The molecule has 0 aliphatic rings. The number of benzene rings is 3. The smallest absolute Gasteiger partial charge is 0.255 e. The van der Waals surface area contributed by atoms with Gasteiger partial charge in [-0.2, -0.15) is 0 Å². The van der Waals surface area contributed by atoms with Crippen molar-refractivity contribution in [2.45, 2.75) is 32.7 Å². The molecule has 0 fully saturated rings. The fourth-order valence-corrected chi connectivity index (χ4v) is 3.03. The molecule has 0 aliphatic carbocycles. The van der Waals surface area contributed by atoms with Gasteiger partial charge in [-0.05, 0) is 46.9 Å². The first-order valence-corrected chi connectivity index (χ1v) is 9.74. The number of ether oxygens (including phenoxy) is 1. The highest BCUT2D eigenvalue weighted by molar-refractivity contribution is 6.05. The summed E-state index contributed by atoms with van der Waals surface area (Å²) >= 11 is 0. The van der Waals surface area contributed by atoms with Crippen LogP contribution in [0.1, 0.15) is 42.3 Å². The van der Waals surface area contributed by atoms with Gasteiger partial charge < -0.3 is 15.4 Å². The van der Waals surface area contributed by atoms with E-state index in [1.54, 1.807) is 13.2 Å². The zero-order valence-corrected chi connectivity index (χ0v) is 17.5. The molecule has 0 spiro atoms. The van der Waals surface area contributed by atoms with Gasteiger partial charge in [-0.1, -0.05) is 63.2 Å². The van der Waals surface area contributed by atoms with Crippen molar-refractivity contribution in [3.05, 3.63) is 89.5 Å². The summed E-state index contributed by atoms with van der Waals surface area (Å²) in [6.07, 6.45) is 0. The van der Waals surface area contributed by atoms with Crippen LogP contribution in [-0.2, 0) is 12.0 Å². The molecular formula is C25H28N2O2. The van der Waals surface area contributed by atoms with Gasteiger partial charge in [0, 0.05) is 17.8 Å². The molecule has 0 aliphatic heterocycles. The normalized spacial score (nSPS) is 11.0. The summed E-state index contributed by atoms with van der Waals surface area (Å²) in [5.41, 5.74) is 4.73. The van der Waals surface area contributed by atoms with E-state index in [9.17, 15) is 4.79 Å². The van der Waals surface area contributed by atoms with Gasteiger partial charge in [0.2, 0.25) is 0 Å². The molecule has 3 aromatic rings. The number of amides is 1. The van der Waals surface area contributed by atoms with Gasteiger partial charge in [-0.3, -0.25) is 4.79 Å². The lowest BCUT2D eigenvalue weighted by atomic mass is 9.87. The van der Waals surface area contributed by atoms with E-state index >= 15 is 0 Å². The van der Waals surface area contributed by atoms with Gasteiger partial charge in [0.15, 0.2) is 0 Å². The van der Waals surface area contributed by atoms with E-state index in [1.165, 1.54) is 11.1 Å². The molecule has 0 heterocycles. The van der Waals surface area contributed by atoms with Crippen LogP contribution in [0.5, 0.6) is 5.75 Å². The van der Waals surface area contributed by atoms with Crippen LogP contribution in [0.2, 0.25) is 0 Å². The Balaban J connectivity index is 1.73.